The van der Waals surface area contributed by atoms with Crippen LogP contribution >= 0.6 is 0 Å². The van der Waals surface area contributed by atoms with Gasteiger partial charge >= 0.3 is 6.18 Å². The predicted octanol–water partition coefficient (Wildman–Crippen LogP) is 2.14. The molecule has 20 heavy (non-hydrogen) atoms. The number of rotatable bonds is 6. The zero-order valence-electron chi connectivity index (χ0n) is 10.8. The van der Waals surface area contributed by atoms with Crippen LogP contribution in [0.15, 0.2) is 29.2 Å². The Kier molecular flexibility index (Phi) is 5.55. The highest BCUT2D eigenvalue weighted by atomic mass is 32.2. The van der Waals surface area contributed by atoms with Crippen LogP contribution in [-0.4, -0.2) is 26.2 Å². The van der Waals surface area contributed by atoms with Crippen molar-refractivity contribution in [1.29, 1.82) is 0 Å². The highest BCUT2D eigenvalue weighted by Crippen LogP contribution is 2.30. The number of hydrogen-bond acceptors (Lipinski definition) is 3. The molecule has 0 aliphatic rings. The third-order valence-corrected chi connectivity index (χ3v) is 4.02. The number of sulfonamides is 1. The zero-order chi connectivity index (χ0) is 15.4. The average molecular weight is 311 g/mol. The lowest BCUT2D eigenvalue weighted by atomic mass is 10.2. The van der Waals surface area contributed by atoms with Crippen molar-refractivity contribution in [3.05, 3.63) is 29.8 Å². The first-order valence-electron chi connectivity index (χ1n) is 5.98. The third-order valence-electron chi connectivity index (χ3n) is 2.56. The summed E-state index contributed by atoms with van der Waals surface area (Å²) in [5, 5.41) is 9.02. The smallest absolute Gasteiger partial charge is 0.393 e. The number of aliphatic hydroxyl groups is 1. The van der Waals surface area contributed by atoms with Crippen LogP contribution < -0.4 is 4.72 Å². The Labute approximate surface area is 115 Å². The van der Waals surface area contributed by atoms with E-state index in [0.717, 1.165) is 18.2 Å². The Hall–Kier alpha value is -1.12. The second kappa shape index (κ2) is 6.55. The summed E-state index contributed by atoms with van der Waals surface area (Å²) in [6.45, 7) is 1.63. The molecule has 0 aromatic heterocycles. The highest BCUT2D eigenvalue weighted by molar-refractivity contribution is 7.89. The van der Waals surface area contributed by atoms with Gasteiger partial charge < -0.3 is 5.11 Å². The molecule has 0 aliphatic heterocycles. The lowest BCUT2D eigenvalue weighted by molar-refractivity contribution is -0.137. The van der Waals surface area contributed by atoms with Gasteiger partial charge in [-0.15, -0.1) is 0 Å². The molecule has 1 aromatic carbocycles. The molecule has 1 rings (SSSR count). The monoisotopic (exact) mass is 311 g/mol. The van der Waals surface area contributed by atoms with E-state index in [-0.39, 0.29) is 6.54 Å². The minimum atomic E-state index is -4.59. The first kappa shape index (κ1) is 16.9. The zero-order valence-corrected chi connectivity index (χ0v) is 11.6. The molecular weight excluding hydrogens is 295 g/mol. The van der Waals surface area contributed by atoms with Crippen molar-refractivity contribution < 1.29 is 26.7 Å². The van der Waals surface area contributed by atoms with Gasteiger partial charge in [0, 0.05) is 6.54 Å². The van der Waals surface area contributed by atoms with E-state index in [0.29, 0.717) is 18.9 Å². The summed E-state index contributed by atoms with van der Waals surface area (Å²) in [5.74, 6) is 0. The fraction of sp³-hybridized carbons (Fsp3) is 0.500. The Morgan fingerprint density at radius 1 is 1.35 bits per heavy atom. The van der Waals surface area contributed by atoms with Crippen molar-refractivity contribution in [2.45, 2.75) is 36.9 Å². The molecule has 0 fully saturated rings. The van der Waals surface area contributed by atoms with Crippen LogP contribution in [0.5, 0.6) is 0 Å². The van der Waals surface area contributed by atoms with Crippen LogP contribution in [0.3, 0.4) is 0 Å². The SMILES string of the molecule is CC(O)CCCNS(=O)(=O)c1cccc(C(F)(F)F)c1. The summed E-state index contributed by atoms with van der Waals surface area (Å²) >= 11 is 0. The van der Waals surface area contributed by atoms with Gasteiger partial charge in [-0.3, -0.25) is 0 Å². The van der Waals surface area contributed by atoms with E-state index < -0.39 is 32.8 Å². The Morgan fingerprint density at radius 2 is 2.00 bits per heavy atom. The molecule has 0 heterocycles. The fourth-order valence-electron chi connectivity index (χ4n) is 1.53. The van der Waals surface area contributed by atoms with Gasteiger partial charge in [0.15, 0.2) is 0 Å². The molecule has 114 valence electrons. The Bertz CT molecular complexity index is 541. The van der Waals surface area contributed by atoms with Crippen LogP contribution in [0.4, 0.5) is 13.2 Å². The van der Waals surface area contributed by atoms with Crippen molar-refractivity contribution in [3.63, 3.8) is 0 Å². The summed E-state index contributed by atoms with van der Waals surface area (Å²) in [6, 6.07) is 3.56. The van der Waals surface area contributed by atoms with E-state index in [1.54, 1.807) is 6.92 Å². The minimum absolute atomic E-state index is 0.0590. The maximum absolute atomic E-state index is 12.5. The molecule has 8 heteroatoms. The summed E-state index contributed by atoms with van der Waals surface area (Å²) < 4.78 is 63.4. The standard InChI is InChI=1S/C12H16F3NO3S/c1-9(17)4-3-7-16-20(18,19)11-6-2-5-10(8-11)12(13,14)15/h2,5-6,8-9,16-17H,3-4,7H2,1H3. The fourth-order valence-corrected chi connectivity index (χ4v) is 2.65. The van der Waals surface area contributed by atoms with Crippen molar-refractivity contribution >= 4 is 10.0 Å². The molecule has 1 atom stereocenters. The van der Waals surface area contributed by atoms with Crippen molar-refractivity contribution in [2.75, 3.05) is 6.54 Å². The summed E-state index contributed by atoms with van der Waals surface area (Å²) in [5.41, 5.74) is -1.01. The first-order chi connectivity index (χ1) is 9.13. The number of hydrogen-bond donors (Lipinski definition) is 2. The number of alkyl halides is 3. The Morgan fingerprint density at radius 3 is 2.55 bits per heavy atom. The number of aliphatic hydroxyl groups excluding tert-OH is 1. The van der Waals surface area contributed by atoms with E-state index in [9.17, 15) is 21.6 Å². The van der Waals surface area contributed by atoms with Gasteiger partial charge in [0.05, 0.1) is 16.6 Å². The average Bonchev–Trinajstić information content (AvgIpc) is 2.34. The largest absolute Gasteiger partial charge is 0.416 e. The maximum atomic E-state index is 12.5. The number of benzene rings is 1. The van der Waals surface area contributed by atoms with Crippen LogP contribution in [0.25, 0.3) is 0 Å². The van der Waals surface area contributed by atoms with Crippen LogP contribution in [0.1, 0.15) is 25.3 Å². The van der Waals surface area contributed by atoms with Gasteiger partial charge in [-0.25, -0.2) is 13.1 Å². The molecule has 0 saturated carbocycles. The summed E-state index contributed by atoms with van der Waals surface area (Å²) in [7, 11) is -3.97. The lowest BCUT2D eigenvalue weighted by Crippen LogP contribution is -2.25. The third kappa shape index (κ3) is 5.10. The van der Waals surface area contributed by atoms with Crippen LogP contribution in [0, 0.1) is 0 Å². The molecule has 0 spiro atoms. The second-order valence-corrected chi connectivity index (χ2v) is 6.18. The van der Waals surface area contributed by atoms with Gasteiger partial charge in [-0.05, 0) is 38.0 Å². The maximum Gasteiger partial charge on any atom is 0.416 e. The van der Waals surface area contributed by atoms with E-state index in [4.69, 9.17) is 5.11 Å². The minimum Gasteiger partial charge on any atom is -0.393 e. The normalized spacial score (nSPS) is 14.2. The van der Waals surface area contributed by atoms with Crippen molar-refractivity contribution in [2.24, 2.45) is 0 Å². The summed E-state index contributed by atoms with van der Waals surface area (Å²) in [4.78, 5) is -0.427. The molecule has 4 nitrogen and oxygen atoms in total. The quantitative estimate of drug-likeness (QED) is 0.791. The summed E-state index contributed by atoms with van der Waals surface area (Å²) in [6.07, 6.45) is -4.33. The first-order valence-corrected chi connectivity index (χ1v) is 7.46. The molecular formula is C12H16F3NO3S. The van der Waals surface area contributed by atoms with Gasteiger partial charge in [-0.2, -0.15) is 13.2 Å². The molecule has 1 aromatic rings. The van der Waals surface area contributed by atoms with Crippen molar-refractivity contribution in [1.82, 2.24) is 4.72 Å². The van der Waals surface area contributed by atoms with Gasteiger partial charge in [0.25, 0.3) is 0 Å². The van der Waals surface area contributed by atoms with Crippen molar-refractivity contribution in [3.8, 4) is 0 Å². The molecule has 0 bridgehead atoms. The highest BCUT2D eigenvalue weighted by Gasteiger charge is 2.31. The Balaban J connectivity index is 2.78. The van der Waals surface area contributed by atoms with Crippen LogP contribution in [-0.2, 0) is 16.2 Å². The lowest BCUT2D eigenvalue weighted by Gasteiger charge is -2.10. The van der Waals surface area contributed by atoms with E-state index in [1.165, 1.54) is 0 Å². The molecule has 0 radical (unpaired) electrons. The molecule has 0 amide bonds. The second-order valence-electron chi connectivity index (χ2n) is 4.41. The topological polar surface area (TPSA) is 66.4 Å². The van der Waals surface area contributed by atoms with Crippen LogP contribution in [0.2, 0.25) is 0 Å². The molecule has 1 unspecified atom stereocenters. The van der Waals surface area contributed by atoms with Gasteiger partial charge in [0.2, 0.25) is 10.0 Å². The molecule has 0 aliphatic carbocycles. The number of nitrogens with one attached hydrogen (secondary N) is 1. The molecule has 2 N–H and O–H groups in total. The van der Waals surface area contributed by atoms with Gasteiger partial charge in [0.1, 0.15) is 0 Å². The molecule has 0 saturated heterocycles. The van der Waals surface area contributed by atoms with E-state index in [2.05, 4.69) is 4.72 Å². The van der Waals surface area contributed by atoms with E-state index >= 15 is 0 Å². The predicted molar refractivity (Wildman–Crippen MR) is 67.5 cm³/mol. The number of halogens is 3. The van der Waals surface area contributed by atoms with E-state index in [1.807, 2.05) is 0 Å². The van der Waals surface area contributed by atoms with Gasteiger partial charge in [-0.1, -0.05) is 6.07 Å².